The number of ether oxygens (including phenoxy) is 1. The summed E-state index contributed by atoms with van der Waals surface area (Å²) in [6, 6.07) is 0.188. The summed E-state index contributed by atoms with van der Waals surface area (Å²) >= 11 is 0. The number of imidazole rings is 1. The fourth-order valence-corrected chi connectivity index (χ4v) is 5.25. The van der Waals surface area contributed by atoms with Crippen molar-refractivity contribution >= 4 is 28.8 Å². The number of allylic oxidation sites excluding steroid dienone is 4. The van der Waals surface area contributed by atoms with Crippen LogP contribution in [0, 0.1) is 36.5 Å². The van der Waals surface area contributed by atoms with E-state index >= 15 is 4.39 Å². The molecule has 2 aromatic heterocycles. The average Bonchev–Trinajstić information content (AvgIpc) is 3.26. The number of aromatic nitrogens is 4. The first-order chi connectivity index (χ1) is 17.7. The summed E-state index contributed by atoms with van der Waals surface area (Å²) in [5.41, 5.74) is 3.62. The molecule has 1 unspecified atom stereocenters. The fraction of sp³-hybridized carbons (Fsp3) is 0.464. The van der Waals surface area contributed by atoms with Crippen LogP contribution in [0.2, 0.25) is 0 Å². The van der Waals surface area contributed by atoms with E-state index in [0.29, 0.717) is 45.7 Å². The quantitative estimate of drug-likeness (QED) is 0.243. The van der Waals surface area contributed by atoms with Gasteiger partial charge < -0.3 is 14.2 Å². The van der Waals surface area contributed by atoms with Crippen LogP contribution in [0.1, 0.15) is 44.6 Å². The fourth-order valence-electron chi connectivity index (χ4n) is 5.25. The molecule has 37 heavy (non-hydrogen) atoms. The van der Waals surface area contributed by atoms with Crippen molar-refractivity contribution < 1.29 is 9.13 Å². The van der Waals surface area contributed by atoms with E-state index in [-0.39, 0.29) is 30.6 Å². The molecule has 5 heterocycles. The summed E-state index contributed by atoms with van der Waals surface area (Å²) < 4.78 is 22.9. The normalized spacial score (nSPS) is 22.3. The Hall–Kier alpha value is -3.64. The van der Waals surface area contributed by atoms with E-state index in [2.05, 4.69) is 32.4 Å². The minimum Gasteiger partial charge on any atom is -0.467 e. The van der Waals surface area contributed by atoms with E-state index in [1.165, 1.54) is 26.2 Å². The van der Waals surface area contributed by atoms with Crippen LogP contribution in [-0.4, -0.2) is 63.2 Å². The molecular formula is C28H34FN7O. The van der Waals surface area contributed by atoms with E-state index in [0.717, 1.165) is 25.2 Å². The maximum absolute atomic E-state index is 15.8. The maximum atomic E-state index is 15.8. The molecule has 3 aliphatic rings. The predicted octanol–water partition coefficient (Wildman–Crippen LogP) is 4.76. The predicted molar refractivity (Wildman–Crippen MR) is 146 cm³/mol. The van der Waals surface area contributed by atoms with E-state index in [9.17, 15) is 0 Å². The lowest BCUT2D eigenvalue weighted by Gasteiger charge is -2.45. The SMILES string of the molecule is C#CC/C(Cn1c(C(=C)/C=N\C(C)=N)nc2c(C)nc(OC)nc21)=C(F)\C=C(/C)C1CN2CCC1CC2. The van der Waals surface area contributed by atoms with Gasteiger partial charge in [0.25, 0.3) is 0 Å². The van der Waals surface area contributed by atoms with Crippen LogP contribution in [0.15, 0.2) is 34.6 Å². The first kappa shape index (κ1) is 26.4. The molecule has 5 rings (SSSR count). The molecule has 0 radical (unpaired) electrons. The summed E-state index contributed by atoms with van der Waals surface area (Å²) in [7, 11) is 1.49. The molecule has 3 saturated heterocycles. The third kappa shape index (κ3) is 5.70. The van der Waals surface area contributed by atoms with Gasteiger partial charge in [0.15, 0.2) is 5.65 Å². The van der Waals surface area contributed by atoms with Gasteiger partial charge in [-0.2, -0.15) is 9.97 Å². The summed E-state index contributed by atoms with van der Waals surface area (Å²) in [5.74, 6) is 3.84. The van der Waals surface area contributed by atoms with Gasteiger partial charge in [-0.3, -0.25) is 5.41 Å². The van der Waals surface area contributed by atoms with Crippen LogP contribution >= 0.6 is 0 Å². The molecule has 1 N–H and O–H groups in total. The van der Waals surface area contributed by atoms with Gasteiger partial charge in [0.1, 0.15) is 23.0 Å². The number of methoxy groups -OCH3 is 1. The number of halogens is 1. The molecule has 2 aromatic rings. The van der Waals surface area contributed by atoms with Crippen LogP contribution in [0.3, 0.4) is 0 Å². The largest absolute Gasteiger partial charge is 0.467 e. The second-order valence-corrected chi connectivity index (χ2v) is 9.82. The van der Waals surface area contributed by atoms with Gasteiger partial charge in [-0.05, 0) is 70.2 Å². The summed E-state index contributed by atoms with van der Waals surface area (Å²) in [4.78, 5) is 20.0. The van der Waals surface area contributed by atoms with Crippen molar-refractivity contribution in [3.8, 4) is 18.4 Å². The number of nitrogens with one attached hydrogen (secondary N) is 1. The second-order valence-electron chi connectivity index (χ2n) is 9.82. The molecule has 9 heteroatoms. The highest BCUT2D eigenvalue weighted by Crippen LogP contribution is 2.37. The molecular weight excluding hydrogens is 469 g/mol. The molecule has 194 valence electrons. The van der Waals surface area contributed by atoms with Gasteiger partial charge in [0.2, 0.25) is 0 Å². The van der Waals surface area contributed by atoms with Crippen molar-refractivity contribution in [2.45, 2.75) is 46.6 Å². The molecule has 0 spiro atoms. The zero-order chi connectivity index (χ0) is 26.7. The van der Waals surface area contributed by atoms with Gasteiger partial charge in [0.05, 0.1) is 19.3 Å². The third-order valence-electron chi connectivity index (χ3n) is 7.23. The highest BCUT2D eigenvalue weighted by Gasteiger charge is 2.34. The summed E-state index contributed by atoms with van der Waals surface area (Å²) in [6.07, 6.45) is 11.3. The molecule has 0 aliphatic carbocycles. The number of hydrogen-bond donors (Lipinski definition) is 1. The lowest BCUT2D eigenvalue weighted by molar-refractivity contribution is 0.0682. The minimum absolute atomic E-state index is 0.127. The Bertz CT molecular complexity index is 1350. The number of aryl methyl sites for hydroxylation is 1. The maximum Gasteiger partial charge on any atom is 0.318 e. The number of rotatable bonds is 8. The van der Waals surface area contributed by atoms with E-state index in [1.54, 1.807) is 17.6 Å². The number of amidine groups is 1. The van der Waals surface area contributed by atoms with Crippen LogP contribution in [0.25, 0.3) is 16.7 Å². The molecule has 2 bridgehead atoms. The molecule has 0 saturated carbocycles. The minimum atomic E-state index is -0.327. The topological polar surface area (TPSA) is 92.3 Å². The van der Waals surface area contributed by atoms with Gasteiger partial charge in [-0.15, -0.1) is 12.3 Å². The summed E-state index contributed by atoms with van der Waals surface area (Å²) in [5, 5.41) is 7.61. The Morgan fingerprint density at radius 2 is 2.03 bits per heavy atom. The lowest BCUT2D eigenvalue weighted by atomic mass is 9.75. The Kier molecular flexibility index (Phi) is 7.98. The molecule has 1 atom stereocenters. The monoisotopic (exact) mass is 503 g/mol. The third-order valence-corrected chi connectivity index (χ3v) is 7.23. The number of terminal acetylenes is 1. The van der Waals surface area contributed by atoms with Crippen molar-refractivity contribution in [1.29, 1.82) is 5.41 Å². The smallest absolute Gasteiger partial charge is 0.318 e. The number of hydrogen-bond acceptors (Lipinski definition) is 6. The average molecular weight is 504 g/mol. The Balaban J connectivity index is 1.77. The molecule has 8 nitrogen and oxygen atoms in total. The van der Waals surface area contributed by atoms with Gasteiger partial charge in [0, 0.05) is 24.8 Å². The number of piperidine rings is 3. The molecule has 0 amide bonds. The van der Waals surface area contributed by atoms with Crippen LogP contribution in [0.5, 0.6) is 6.01 Å². The zero-order valence-electron chi connectivity index (χ0n) is 22.0. The zero-order valence-corrected chi connectivity index (χ0v) is 22.0. The highest BCUT2D eigenvalue weighted by atomic mass is 19.1. The summed E-state index contributed by atoms with van der Waals surface area (Å²) in [6.45, 7) is 12.9. The van der Waals surface area contributed by atoms with E-state index < -0.39 is 0 Å². The van der Waals surface area contributed by atoms with Crippen molar-refractivity contribution in [1.82, 2.24) is 24.4 Å². The van der Waals surface area contributed by atoms with Crippen LogP contribution in [-0.2, 0) is 6.54 Å². The molecule has 3 fully saturated rings. The highest BCUT2D eigenvalue weighted by molar-refractivity contribution is 6.11. The molecule has 0 aromatic carbocycles. The molecule has 3 aliphatic heterocycles. The van der Waals surface area contributed by atoms with Crippen LogP contribution in [0.4, 0.5) is 4.39 Å². The number of aliphatic imine (C=N–C) groups is 1. The van der Waals surface area contributed by atoms with Crippen molar-refractivity contribution in [3.05, 3.63) is 41.1 Å². The van der Waals surface area contributed by atoms with Crippen LogP contribution < -0.4 is 4.74 Å². The van der Waals surface area contributed by atoms with E-state index in [4.69, 9.17) is 21.6 Å². The van der Waals surface area contributed by atoms with Gasteiger partial charge in [-0.25, -0.2) is 14.4 Å². The lowest BCUT2D eigenvalue weighted by Crippen LogP contribution is -2.47. The van der Waals surface area contributed by atoms with Gasteiger partial charge >= 0.3 is 6.01 Å². The standard InChI is InChI=1S/C28H34FN7O/c1-7-8-22(24(29)13-17(2)23-16-35-11-9-21(23)10-12-35)15-36-26(18(3)14-31-20(5)30)33-25-19(4)32-28(37-6)34-27(25)36/h1,13-14,21,23,30H,3,8-12,15-16H2,2,4-6H3/b17-13+,24-22-,30-20?,31-14-. The number of nitrogens with zero attached hydrogens (tertiary/aromatic N) is 6. The second kappa shape index (κ2) is 11.2. The van der Waals surface area contributed by atoms with Gasteiger partial charge in [-0.1, -0.05) is 12.2 Å². The Morgan fingerprint density at radius 3 is 2.62 bits per heavy atom. The first-order valence-electron chi connectivity index (χ1n) is 12.5. The Morgan fingerprint density at radius 1 is 1.30 bits per heavy atom. The first-order valence-corrected chi connectivity index (χ1v) is 12.5. The Labute approximate surface area is 217 Å². The number of fused-ring (bicyclic) bond motifs is 4. The van der Waals surface area contributed by atoms with Crippen molar-refractivity contribution in [2.24, 2.45) is 16.8 Å². The van der Waals surface area contributed by atoms with Crippen molar-refractivity contribution in [3.63, 3.8) is 0 Å². The van der Waals surface area contributed by atoms with E-state index in [1.807, 2.05) is 13.8 Å². The van der Waals surface area contributed by atoms with Crippen molar-refractivity contribution in [2.75, 3.05) is 26.7 Å².